The van der Waals surface area contributed by atoms with Crippen molar-refractivity contribution in [2.75, 3.05) is 24.8 Å². The summed E-state index contributed by atoms with van der Waals surface area (Å²) in [6, 6.07) is 7.26. The first kappa shape index (κ1) is 15.4. The molecule has 0 aliphatic carbocycles. The molecule has 2 N–H and O–H groups in total. The van der Waals surface area contributed by atoms with Crippen molar-refractivity contribution < 1.29 is 4.74 Å². The zero-order valence-electron chi connectivity index (χ0n) is 12.4. The van der Waals surface area contributed by atoms with Crippen LogP contribution in [-0.4, -0.2) is 24.1 Å². The highest BCUT2D eigenvalue weighted by atomic mass is 35.5. The van der Waals surface area contributed by atoms with Gasteiger partial charge in [0.1, 0.15) is 23.2 Å². The molecule has 0 saturated carbocycles. The number of nitrogens with zero attached hydrogens (tertiary/aromatic N) is 2. The van der Waals surface area contributed by atoms with Crippen LogP contribution in [0.3, 0.4) is 0 Å². The average molecular weight is 307 g/mol. The average Bonchev–Trinajstić information content (AvgIpc) is 2.47. The second-order valence-corrected chi connectivity index (χ2v) is 4.96. The van der Waals surface area contributed by atoms with Gasteiger partial charge in [0.15, 0.2) is 0 Å². The molecule has 0 fully saturated rings. The van der Waals surface area contributed by atoms with Crippen molar-refractivity contribution in [2.24, 2.45) is 0 Å². The first-order valence-corrected chi connectivity index (χ1v) is 7.20. The summed E-state index contributed by atoms with van der Waals surface area (Å²) < 4.78 is 5.33. The summed E-state index contributed by atoms with van der Waals surface area (Å²) in [5.74, 6) is 2.99. The summed E-state index contributed by atoms with van der Waals surface area (Å²) >= 11 is 6.04. The minimum absolute atomic E-state index is 0.634. The molecule has 112 valence electrons. The van der Waals surface area contributed by atoms with Gasteiger partial charge >= 0.3 is 0 Å². The first-order valence-electron chi connectivity index (χ1n) is 6.82. The Morgan fingerprint density at radius 1 is 1.19 bits per heavy atom. The minimum Gasteiger partial charge on any atom is -0.495 e. The number of anilines is 3. The number of nitrogens with one attached hydrogen (secondary N) is 2. The van der Waals surface area contributed by atoms with Crippen LogP contribution in [0.25, 0.3) is 0 Å². The fourth-order valence-corrected chi connectivity index (χ4v) is 2.11. The van der Waals surface area contributed by atoms with Crippen molar-refractivity contribution >= 4 is 28.9 Å². The van der Waals surface area contributed by atoms with E-state index in [1.165, 1.54) is 0 Å². The molecule has 0 spiro atoms. The van der Waals surface area contributed by atoms with Crippen LogP contribution >= 0.6 is 11.6 Å². The highest BCUT2D eigenvalue weighted by Gasteiger charge is 2.08. The van der Waals surface area contributed by atoms with Gasteiger partial charge in [-0.15, -0.1) is 0 Å². The molecule has 2 rings (SSSR count). The molecule has 1 aromatic carbocycles. The third-order valence-electron chi connectivity index (χ3n) is 2.93. The van der Waals surface area contributed by atoms with Gasteiger partial charge in [0, 0.05) is 24.6 Å². The molecule has 5 nitrogen and oxygen atoms in total. The molecule has 0 aliphatic heterocycles. The van der Waals surface area contributed by atoms with E-state index in [2.05, 4.69) is 27.5 Å². The molecule has 6 heteroatoms. The highest BCUT2D eigenvalue weighted by molar-refractivity contribution is 6.31. The zero-order valence-corrected chi connectivity index (χ0v) is 13.2. The maximum Gasteiger partial charge on any atom is 0.142 e. The molecule has 0 atom stereocenters. The van der Waals surface area contributed by atoms with Crippen LogP contribution in [0, 0.1) is 0 Å². The molecule has 0 aliphatic rings. The SMILES string of the molecule is CCCc1nc(NC)cc(Nc2cc(Cl)ccc2OC)n1. The number of hydrogen-bond donors (Lipinski definition) is 2. The van der Waals surface area contributed by atoms with Crippen molar-refractivity contribution in [1.82, 2.24) is 9.97 Å². The van der Waals surface area contributed by atoms with Crippen LogP contribution in [-0.2, 0) is 6.42 Å². The van der Waals surface area contributed by atoms with E-state index < -0.39 is 0 Å². The maximum absolute atomic E-state index is 6.04. The number of methoxy groups -OCH3 is 1. The molecule has 0 bridgehead atoms. The van der Waals surface area contributed by atoms with E-state index in [-0.39, 0.29) is 0 Å². The lowest BCUT2D eigenvalue weighted by atomic mass is 10.3. The lowest BCUT2D eigenvalue weighted by Gasteiger charge is -2.12. The Hall–Kier alpha value is -2.01. The summed E-state index contributed by atoms with van der Waals surface area (Å²) in [5.41, 5.74) is 0.771. The minimum atomic E-state index is 0.634. The summed E-state index contributed by atoms with van der Waals surface area (Å²) in [4.78, 5) is 8.93. The van der Waals surface area contributed by atoms with E-state index in [4.69, 9.17) is 16.3 Å². The monoisotopic (exact) mass is 306 g/mol. The first-order chi connectivity index (χ1) is 10.2. The Labute approximate surface area is 129 Å². The van der Waals surface area contributed by atoms with Crippen molar-refractivity contribution in [3.63, 3.8) is 0 Å². The lowest BCUT2D eigenvalue weighted by molar-refractivity contribution is 0.417. The van der Waals surface area contributed by atoms with E-state index in [0.29, 0.717) is 16.6 Å². The Balaban J connectivity index is 2.34. The van der Waals surface area contributed by atoms with Gasteiger partial charge in [-0.1, -0.05) is 18.5 Å². The second kappa shape index (κ2) is 7.13. The Morgan fingerprint density at radius 3 is 2.62 bits per heavy atom. The van der Waals surface area contributed by atoms with Gasteiger partial charge in [-0.05, 0) is 24.6 Å². The molecule has 0 amide bonds. The molecule has 0 radical (unpaired) electrons. The van der Waals surface area contributed by atoms with Crippen molar-refractivity contribution in [2.45, 2.75) is 19.8 Å². The summed E-state index contributed by atoms with van der Waals surface area (Å²) in [6.45, 7) is 2.10. The third kappa shape index (κ3) is 3.98. The van der Waals surface area contributed by atoms with Gasteiger partial charge in [0.2, 0.25) is 0 Å². The normalized spacial score (nSPS) is 10.3. The van der Waals surface area contributed by atoms with Crippen molar-refractivity contribution in [1.29, 1.82) is 0 Å². The maximum atomic E-state index is 6.04. The van der Waals surface area contributed by atoms with Gasteiger partial charge in [0.05, 0.1) is 12.8 Å². The number of aromatic nitrogens is 2. The number of ether oxygens (including phenoxy) is 1. The van der Waals surface area contributed by atoms with Crippen LogP contribution in [0.5, 0.6) is 5.75 Å². The second-order valence-electron chi connectivity index (χ2n) is 4.52. The molecule has 0 unspecified atom stereocenters. The van der Waals surface area contributed by atoms with Gasteiger partial charge in [-0.3, -0.25) is 0 Å². The fraction of sp³-hybridized carbons (Fsp3) is 0.333. The van der Waals surface area contributed by atoms with E-state index >= 15 is 0 Å². The van der Waals surface area contributed by atoms with Gasteiger partial charge < -0.3 is 15.4 Å². The Bertz CT molecular complexity index is 619. The van der Waals surface area contributed by atoms with Crippen LogP contribution < -0.4 is 15.4 Å². The Morgan fingerprint density at radius 2 is 1.95 bits per heavy atom. The molecular weight excluding hydrogens is 288 g/mol. The number of rotatable bonds is 6. The lowest BCUT2D eigenvalue weighted by Crippen LogP contribution is -2.04. The van der Waals surface area contributed by atoms with E-state index in [0.717, 1.165) is 30.2 Å². The quantitative estimate of drug-likeness (QED) is 0.848. The summed E-state index contributed by atoms with van der Waals surface area (Å²) in [5, 5.41) is 6.91. The molecule has 0 saturated heterocycles. The van der Waals surface area contributed by atoms with E-state index in [9.17, 15) is 0 Å². The zero-order chi connectivity index (χ0) is 15.2. The molecule has 21 heavy (non-hydrogen) atoms. The van der Waals surface area contributed by atoms with Crippen LogP contribution in [0.2, 0.25) is 5.02 Å². The highest BCUT2D eigenvalue weighted by Crippen LogP contribution is 2.30. The number of aryl methyl sites for hydroxylation is 1. The van der Waals surface area contributed by atoms with Crippen LogP contribution in [0.1, 0.15) is 19.2 Å². The van der Waals surface area contributed by atoms with Crippen LogP contribution in [0.15, 0.2) is 24.3 Å². The summed E-state index contributed by atoms with van der Waals surface area (Å²) in [6.07, 6.45) is 1.82. The Kier molecular flexibility index (Phi) is 5.22. The van der Waals surface area contributed by atoms with Crippen molar-refractivity contribution in [3.8, 4) is 5.75 Å². The van der Waals surface area contributed by atoms with Gasteiger partial charge in [-0.2, -0.15) is 0 Å². The largest absolute Gasteiger partial charge is 0.495 e. The number of benzene rings is 1. The van der Waals surface area contributed by atoms with E-state index in [1.54, 1.807) is 19.2 Å². The predicted molar refractivity (Wildman–Crippen MR) is 86.9 cm³/mol. The third-order valence-corrected chi connectivity index (χ3v) is 3.16. The topological polar surface area (TPSA) is 59.1 Å². The smallest absolute Gasteiger partial charge is 0.142 e. The number of halogens is 1. The molecule has 1 heterocycles. The molecule has 2 aromatic rings. The summed E-state index contributed by atoms with van der Waals surface area (Å²) in [7, 11) is 3.46. The van der Waals surface area contributed by atoms with Gasteiger partial charge in [-0.25, -0.2) is 9.97 Å². The standard InChI is InChI=1S/C15H19ClN4O/c1-4-5-13-19-14(17-2)9-15(20-13)18-11-8-10(16)6-7-12(11)21-3/h6-9H,4-5H2,1-3H3,(H2,17,18,19,20). The fourth-order valence-electron chi connectivity index (χ4n) is 1.94. The van der Waals surface area contributed by atoms with Crippen molar-refractivity contribution in [3.05, 3.63) is 35.1 Å². The van der Waals surface area contributed by atoms with Gasteiger partial charge in [0.25, 0.3) is 0 Å². The molecule has 1 aromatic heterocycles. The predicted octanol–water partition coefficient (Wildman–Crippen LogP) is 3.88. The van der Waals surface area contributed by atoms with Crippen LogP contribution in [0.4, 0.5) is 17.3 Å². The number of hydrogen-bond acceptors (Lipinski definition) is 5. The van der Waals surface area contributed by atoms with E-state index in [1.807, 2.05) is 19.2 Å². The molecular formula is C15H19ClN4O.